The van der Waals surface area contributed by atoms with Gasteiger partial charge < -0.3 is 14.8 Å². The molecule has 1 aliphatic heterocycles. The average Bonchev–Trinajstić information content (AvgIpc) is 3.48. The molecule has 12 heteroatoms. The maximum absolute atomic E-state index is 14.8. The van der Waals surface area contributed by atoms with Crippen molar-refractivity contribution in [2.24, 2.45) is 0 Å². The van der Waals surface area contributed by atoms with Crippen LogP contribution < -0.4 is 10.1 Å². The highest BCUT2D eigenvalue weighted by Crippen LogP contribution is 2.33. The van der Waals surface area contributed by atoms with E-state index in [2.05, 4.69) is 30.6 Å². The van der Waals surface area contributed by atoms with Crippen molar-refractivity contribution < 1.29 is 18.3 Å². The van der Waals surface area contributed by atoms with Crippen LogP contribution in [0.5, 0.6) is 5.88 Å². The minimum absolute atomic E-state index is 0.138. The molecule has 1 N–H and O–H groups in total. The molecule has 1 aromatic carbocycles. The number of ether oxygens (including phenoxy) is 2. The molecule has 1 saturated heterocycles. The second-order valence-corrected chi connectivity index (χ2v) is 8.52. The second-order valence-electron chi connectivity index (χ2n) is 8.52. The summed E-state index contributed by atoms with van der Waals surface area (Å²) in [6, 6.07) is 7.20. The zero-order chi connectivity index (χ0) is 24.4. The van der Waals surface area contributed by atoms with Gasteiger partial charge in [0.15, 0.2) is 0 Å². The maximum Gasteiger partial charge on any atom is 0.244 e. The van der Waals surface area contributed by atoms with E-state index in [9.17, 15) is 8.78 Å². The van der Waals surface area contributed by atoms with Gasteiger partial charge in [0.2, 0.25) is 11.8 Å². The van der Waals surface area contributed by atoms with E-state index in [-0.39, 0.29) is 6.54 Å². The Hall–Kier alpha value is -3.38. The van der Waals surface area contributed by atoms with E-state index < -0.39 is 18.9 Å². The molecule has 0 radical (unpaired) electrons. The minimum Gasteiger partial charge on any atom is -0.479 e. The zero-order valence-electron chi connectivity index (χ0n) is 19.7. The Morgan fingerprint density at radius 2 is 2.09 bits per heavy atom. The first-order valence-electron chi connectivity index (χ1n) is 11.6. The fraction of sp³-hybridized carbons (Fsp3) is 0.478. The van der Waals surface area contributed by atoms with Gasteiger partial charge in [-0.1, -0.05) is 11.3 Å². The fourth-order valence-corrected chi connectivity index (χ4v) is 4.53. The number of nitrogens with one attached hydrogen (secondary N) is 1. The first kappa shape index (κ1) is 23.4. The Labute approximate surface area is 200 Å². The number of likely N-dealkylation sites (tertiary alicyclic amines) is 1. The van der Waals surface area contributed by atoms with Gasteiger partial charge in [-0.05, 0) is 30.2 Å². The highest BCUT2D eigenvalue weighted by molar-refractivity contribution is 5.89. The quantitative estimate of drug-likeness (QED) is 0.386. The molecule has 0 saturated carbocycles. The molecule has 186 valence electrons. The lowest BCUT2D eigenvalue weighted by Crippen LogP contribution is -2.48. The van der Waals surface area contributed by atoms with E-state index in [4.69, 9.17) is 9.47 Å². The van der Waals surface area contributed by atoms with E-state index in [1.165, 1.54) is 0 Å². The molecule has 0 aliphatic carbocycles. The Kier molecular flexibility index (Phi) is 6.73. The van der Waals surface area contributed by atoms with E-state index in [0.717, 1.165) is 23.2 Å². The van der Waals surface area contributed by atoms with E-state index in [1.54, 1.807) is 23.4 Å². The van der Waals surface area contributed by atoms with Crippen molar-refractivity contribution in [1.82, 2.24) is 34.5 Å². The van der Waals surface area contributed by atoms with Crippen molar-refractivity contribution in [1.29, 1.82) is 0 Å². The summed E-state index contributed by atoms with van der Waals surface area (Å²) < 4.78 is 41.7. The molecule has 5 rings (SSSR count). The SMILES string of the molecule is COCCN1CC[C@H](Nc2nc(OC)c3c(-c4ccc5nnn(CCF)c5c4)ccn3n2)[C@@H](F)C1. The number of aryl methyl sites for hydroxylation is 1. The lowest BCUT2D eigenvalue weighted by Gasteiger charge is -2.34. The molecule has 1 aliphatic rings. The summed E-state index contributed by atoms with van der Waals surface area (Å²) in [6.07, 6.45) is 1.38. The fourth-order valence-electron chi connectivity index (χ4n) is 4.53. The van der Waals surface area contributed by atoms with Crippen molar-refractivity contribution in [2.75, 3.05) is 52.5 Å². The maximum atomic E-state index is 14.8. The van der Waals surface area contributed by atoms with Crippen LogP contribution in [0.1, 0.15) is 6.42 Å². The molecular formula is C23H28F2N8O2. The summed E-state index contributed by atoms with van der Waals surface area (Å²) in [5, 5.41) is 15.8. The highest BCUT2D eigenvalue weighted by atomic mass is 19.1. The van der Waals surface area contributed by atoms with Gasteiger partial charge in [-0.25, -0.2) is 18.0 Å². The summed E-state index contributed by atoms with van der Waals surface area (Å²) in [5.41, 5.74) is 3.82. The van der Waals surface area contributed by atoms with Crippen molar-refractivity contribution in [2.45, 2.75) is 25.2 Å². The van der Waals surface area contributed by atoms with Gasteiger partial charge in [0, 0.05) is 38.5 Å². The Bertz CT molecular complexity index is 1310. The molecular weight excluding hydrogens is 458 g/mol. The third-order valence-electron chi connectivity index (χ3n) is 6.35. The van der Waals surface area contributed by atoms with Crippen LogP contribution in [0.2, 0.25) is 0 Å². The third kappa shape index (κ3) is 4.63. The van der Waals surface area contributed by atoms with Crippen LogP contribution in [0.3, 0.4) is 0 Å². The first-order chi connectivity index (χ1) is 17.1. The number of nitrogens with zero attached hydrogens (tertiary/aromatic N) is 7. The normalized spacial score (nSPS) is 19.0. The Morgan fingerprint density at radius 1 is 1.20 bits per heavy atom. The number of aromatic nitrogens is 6. The van der Waals surface area contributed by atoms with E-state index in [0.29, 0.717) is 49.0 Å². The number of alkyl halides is 2. The number of methoxy groups -OCH3 is 2. The third-order valence-corrected chi connectivity index (χ3v) is 6.35. The van der Waals surface area contributed by atoms with Crippen LogP contribution >= 0.6 is 0 Å². The first-order valence-corrected chi connectivity index (χ1v) is 11.6. The molecule has 3 aromatic heterocycles. The minimum atomic E-state index is -1.05. The summed E-state index contributed by atoms with van der Waals surface area (Å²) >= 11 is 0. The molecule has 0 spiro atoms. The largest absolute Gasteiger partial charge is 0.479 e. The second kappa shape index (κ2) is 10.1. The van der Waals surface area contributed by atoms with Crippen LogP contribution in [0.4, 0.5) is 14.7 Å². The van der Waals surface area contributed by atoms with Gasteiger partial charge in [-0.2, -0.15) is 4.98 Å². The number of piperidine rings is 1. The number of rotatable bonds is 9. The highest BCUT2D eigenvalue weighted by Gasteiger charge is 2.30. The molecule has 4 heterocycles. The standard InChI is InChI=1S/C23H28F2N8O2/c1-34-12-11-31-8-6-18(17(25)14-31)26-23-27-22(35-2)21-16(5-9-33(21)29-23)15-3-4-19-20(13-15)32(10-7-24)30-28-19/h3-5,9,13,17-18H,6-8,10-12,14H2,1-2H3,(H,26,29)/t17-,18-/m0/s1. The Balaban J connectivity index is 1.42. The molecule has 0 bridgehead atoms. The van der Waals surface area contributed by atoms with Gasteiger partial charge in [0.1, 0.15) is 23.9 Å². The van der Waals surface area contributed by atoms with E-state index in [1.807, 2.05) is 30.5 Å². The molecule has 2 atom stereocenters. The van der Waals surface area contributed by atoms with Crippen LogP contribution in [0, 0.1) is 0 Å². The zero-order valence-corrected chi connectivity index (χ0v) is 19.7. The predicted octanol–water partition coefficient (Wildman–Crippen LogP) is 2.59. The number of anilines is 1. The van der Waals surface area contributed by atoms with Gasteiger partial charge >= 0.3 is 0 Å². The number of hydrogen-bond donors (Lipinski definition) is 1. The van der Waals surface area contributed by atoms with Crippen LogP contribution in [-0.4, -0.2) is 93.8 Å². The molecule has 0 amide bonds. The lowest BCUT2D eigenvalue weighted by molar-refractivity contribution is 0.0918. The van der Waals surface area contributed by atoms with Crippen LogP contribution in [-0.2, 0) is 11.3 Å². The monoisotopic (exact) mass is 486 g/mol. The van der Waals surface area contributed by atoms with Gasteiger partial charge in [0.25, 0.3) is 0 Å². The van der Waals surface area contributed by atoms with Crippen molar-refractivity contribution >= 4 is 22.5 Å². The summed E-state index contributed by atoms with van der Waals surface area (Å²) in [5.74, 6) is 0.668. The summed E-state index contributed by atoms with van der Waals surface area (Å²) in [6.45, 7) is 2.01. The molecule has 35 heavy (non-hydrogen) atoms. The smallest absolute Gasteiger partial charge is 0.244 e. The number of fused-ring (bicyclic) bond motifs is 2. The van der Waals surface area contributed by atoms with Crippen molar-refractivity contribution in [3.63, 3.8) is 0 Å². The molecule has 1 fully saturated rings. The molecule has 4 aromatic rings. The van der Waals surface area contributed by atoms with Crippen molar-refractivity contribution in [3.8, 4) is 17.0 Å². The summed E-state index contributed by atoms with van der Waals surface area (Å²) in [7, 11) is 3.19. The average molecular weight is 487 g/mol. The Morgan fingerprint density at radius 3 is 2.86 bits per heavy atom. The molecule has 10 nitrogen and oxygen atoms in total. The number of benzene rings is 1. The van der Waals surface area contributed by atoms with Crippen molar-refractivity contribution in [3.05, 3.63) is 30.5 Å². The van der Waals surface area contributed by atoms with Gasteiger partial charge in [-0.15, -0.1) is 10.2 Å². The summed E-state index contributed by atoms with van der Waals surface area (Å²) in [4.78, 5) is 6.59. The molecule has 0 unspecified atom stereocenters. The van der Waals surface area contributed by atoms with E-state index >= 15 is 0 Å². The van der Waals surface area contributed by atoms with Gasteiger partial charge in [0.05, 0.1) is 31.8 Å². The van der Waals surface area contributed by atoms with Crippen LogP contribution in [0.15, 0.2) is 30.5 Å². The lowest BCUT2D eigenvalue weighted by atomic mass is 10.0. The predicted molar refractivity (Wildman–Crippen MR) is 127 cm³/mol. The van der Waals surface area contributed by atoms with Crippen LogP contribution in [0.25, 0.3) is 27.7 Å². The number of halogens is 2. The topological polar surface area (TPSA) is 94.6 Å². The number of hydrogen-bond acceptors (Lipinski definition) is 8. The van der Waals surface area contributed by atoms with Gasteiger partial charge in [-0.3, -0.25) is 4.90 Å².